The molecule has 0 radical (unpaired) electrons. The molecule has 1 saturated heterocycles. The molecule has 1 unspecified atom stereocenters. The van der Waals surface area contributed by atoms with E-state index in [0.717, 1.165) is 5.56 Å². The Labute approximate surface area is 172 Å². The predicted octanol–water partition coefficient (Wildman–Crippen LogP) is 4.15. The van der Waals surface area contributed by atoms with E-state index in [0.29, 0.717) is 40.9 Å². The number of primary amides is 1. The van der Waals surface area contributed by atoms with Crippen LogP contribution in [-0.2, 0) is 4.79 Å². The Hall–Kier alpha value is -3.38. The van der Waals surface area contributed by atoms with Gasteiger partial charge in [-0.15, -0.1) is 0 Å². The summed E-state index contributed by atoms with van der Waals surface area (Å²) in [5.41, 5.74) is 7.25. The molecule has 1 aliphatic heterocycles. The molecular weight excluding hydrogens is 390 g/mol. The monoisotopic (exact) mass is 407 g/mol. The van der Waals surface area contributed by atoms with E-state index >= 15 is 0 Å². The summed E-state index contributed by atoms with van der Waals surface area (Å²) >= 11 is 6.17. The van der Waals surface area contributed by atoms with Gasteiger partial charge in [-0.3, -0.25) is 9.59 Å². The number of benzene rings is 2. The van der Waals surface area contributed by atoms with Gasteiger partial charge in [-0.1, -0.05) is 29.8 Å². The number of carbonyl (C=O) groups is 2. The van der Waals surface area contributed by atoms with Gasteiger partial charge in [-0.25, -0.2) is 4.98 Å². The largest absolute Gasteiger partial charge is 0.439 e. The highest BCUT2D eigenvalue weighted by Crippen LogP contribution is 2.39. The lowest BCUT2D eigenvalue weighted by atomic mass is 9.97. The number of anilines is 1. The molecule has 0 bridgehead atoms. The Kier molecular flexibility index (Phi) is 5.18. The summed E-state index contributed by atoms with van der Waals surface area (Å²) in [5, 5.41) is 0.537. The molecule has 1 aliphatic rings. The van der Waals surface area contributed by atoms with Crippen molar-refractivity contribution in [2.75, 3.05) is 11.4 Å². The lowest BCUT2D eigenvalue weighted by Crippen LogP contribution is -2.24. The molecule has 0 spiro atoms. The second-order valence-corrected chi connectivity index (χ2v) is 7.21. The number of amides is 2. The summed E-state index contributed by atoms with van der Waals surface area (Å²) in [4.78, 5) is 30.0. The van der Waals surface area contributed by atoms with Gasteiger partial charge in [-0.2, -0.15) is 0 Å². The number of ether oxygens (including phenoxy) is 1. The van der Waals surface area contributed by atoms with Gasteiger partial charge >= 0.3 is 0 Å². The van der Waals surface area contributed by atoms with Gasteiger partial charge in [0.2, 0.25) is 17.7 Å². The third-order valence-corrected chi connectivity index (χ3v) is 5.07. The first kappa shape index (κ1) is 19.0. The van der Waals surface area contributed by atoms with Crippen molar-refractivity contribution in [1.82, 2.24) is 4.98 Å². The highest BCUT2D eigenvalue weighted by Gasteiger charge is 2.33. The molecule has 0 saturated carbocycles. The molecule has 4 rings (SSSR count). The van der Waals surface area contributed by atoms with E-state index in [1.165, 1.54) is 0 Å². The van der Waals surface area contributed by atoms with Crippen LogP contribution >= 0.6 is 11.6 Å². The van der Waals surface area contributed by atoms with E-state index in [9.17, 15) is 9.59 Å². The molecule has 2 amide bonds. The van der Waals surface area contributed by atoms with Crippen LogP contribution in [0.25, 0.3) is 0 Å². The van der Waals surface area contributed by atoms with Gasteiger partial charge in [0, 0.05) is 53.0 Å². The van der Waals surface area contributed by atoms with Crippen LogP contribution in [0.3, 0.4) is 0 Å². The number of nitrogens with zero attached hydrogens (tertiary/aromatic N) is 2. The highest BCUT2D eigenvalue weighted by atomic mass is 35.5. The van der Waals surface area contributed by atoms with E-state index in [1.54, 1.807) is 59.6 Å². The number of hydrogen-bond donors (Lipinski definition) is 1. The number of rotatable bonds is 5. The van der Waals surface area contributed by atoms with Crippen LogP contribution in [0, 0.1) is 0 Å². The SMILES string of the molecule is NC(=O)c1cccc(N2CC(c3ccc(Cl)cc3Oc3ccccn3)CC2=O)c1. The third-order valence-electron chi connectivity index (χ3n) is 4.84. The van der Waals surface area contributed by atoms with Crippen LogP contribution in [0.1, 0.15) is 28.3 Å². The first-order valence-corrected chi connectivity index (χ1v) is 9.47. The van der Waals surface area contributed by atoms with Gasteiger partial charge in [0.25, 0.3) is 0 Å². The van der Waals surface area contributed by atoms with Crippen LogP contribution in [-0.4, -0.2) is 23.3 Å². The van der Waals surface area contributed by atoms with E-state index < -0.39 is 5.91 Å². The summed E-state index contributed by atoms with van der Waals surface area (Å²) in [7, 11) is 0. The molecule has 29 heavy (non-hydrogen) atoms. The number of hydrogen-bond acceptors (Lipinski definition) is 4. The average Bonchev–Trinajstić information content (AvgIpc) is 3.10. The minimum Gasteiger partial charge on any atom is -0.439 e. The van der Waals surface area contributed by atoms with Crippen LogP contribution in [0.15, 0.2) is 66.9 Å². The second kappa shape index (κ2) is 7.93. The van der Waals surface area contributed by atoms with Crippen molar-refractivity contribution in [1.29, 1.82) is 0 Å². The quantitative estimate of drug-likeness (QED) is 0.688. The second-order valence-electron chi connectivity index (χ2n) is 6.77. The topological polar surface area (TPSA) is 85.5 Å². The minimum absolute atomic E-state index is 0.0321. The van der Waals surface area contributed by atoms with Crippen LogP contribution in [0.4, 0.5) is 5.69 Å². The zero-order valence-corrected chi connectivity index (χ0v) is 16.2. The molecule has 1 aromatic heterocycles. The highest BCUT2D eigenvalue weighted by molar-refractivity contribution is 6.30. The van der Waals surface area contributed by atoms with Crippen molar-refractivity contribution in [2.45, 2.75) is 12.3 Å². The molecule has 146 valence electrons. The van der Waals surface area contributed by atoms with Gasteiger partial charge < -0.3 is 15.4 Å². The molecule has 1 fully saturated rings. The van der Waals surface area contributed by atoms with Gasteiger partial charge in [0.15, 0.2) is 0 Å². The average molecular weight is 408 g/mol. The number of pyridine rings is 1. The van der Waals surface area contributed by atoms with Crippen molar-refractivity contribution in [3.05, 3.63) is 83.0 Å². The molecular formula is C22H18ClN3O3. The number of aromatic nitrogens is 1. The van der Waals surface area contributed by atoms with Crippen LogP contribution in [0.2, 0.25) is 5.02 Å². The zero-order chi connectivity index (χ0) is 20.4. The fraction of sp³-hybridized carbons (Fsp3) is 0.136. The molecule has 2 heterocycles. The maximum absolute atomic E-state index is 12.7. The van der Waals surface area contributed by atoms with Gasteiger partial charge in [0.05, 0.1) is 0 Å². The first-order valence-electron chi connectivity index (χ1n) is 9.10. The Bertz CT molecular complexity index is 1070. The molecule has 1 atom stereocenters. The lowest BCUT2D eigenvalue weighted by Gasteiger charge is -2.19. The fourth-order valence-corrected chi connectivity index (χ4v) is 3.61. The fourth-order valence-electron chi connectivity index (χ4n) is 3.45. The number of carbonyl (C=O) groups excluding carboxylic acids is 2. The Morgan fingerprint density at radius 1 is 1.14 bits per heavy atom. The summed E-state index contributed by atoms with van der Waals surface area (Å²) in [6.45, 7) is 0.460. The Morgan fingerprint density at radius 2 is 2.00 bits per heavy atom. The maximum Gasteiger partial charge on any atom is 0.248 e. The number of halogens is 1. The van der Waals surface area contributed by atoms with Crippen molar-refractivity contribution < 1.29 is 14.3 Å². The van der Waals surface area contributed by atoms with E-state index in [1.807, 2.05) is 12.1 Å². The zero-order valence-electron chi connectivity index (χ0n) is 15.4. The van der Waals surface area contributed by atoms with E-state index in [2.05, 4.69) is 4.98 Å². The predicted molar refractivity (Wildman–Crippen MR) is 110 cm³/mol. The summed E-state index contributed by atoms with van der Waals surface area (Å²) in [6.07, 6.45) is 1.97. The van der Waals surface area contributed by atoms with Gasteiger partial charge in [0.1, 0.15) is 5.75 Å². The first-order chi connectivity index (χ1) is 14.0. The Morgan fingerprint density at radius 3 is 2.76 bits per heavy atom. The van der Waals surface area contributed by atoms with Gasteiger partial charge in [-0.05, 0) is 36.4 Å². The minimum atomic E-state index is -0.529. The molecule has 3 aromatic rings. The maximum atomic E-state index is 12.7. The van der Waals surface area contributed by atoms with Crippen LogP contribution in [0.5, 0.6) is 11.6 Å². The van der Waals surface area contributed by atoms with E-state index in [-0.39, 0.29) is 11.8 Å². The molecule has 2 aromatic carbocycles. The molecule has 7 heteroatoms. The molecule has 0 aliphatic carbocycles. The van der Waals surface area contributed by atoms with Crippen LogP contribution < -0.4 is 15.4 Å². The lowest BCUT2D eigenvalue weighted by molar-refractivity contribution is -0.117. The van der Waals surface area contributed by atoms with Crippen molar-refractivity contribution in [3.8, 4) is 11.6 Å². The van der Waals surface area contributed by atoms with Crippen molar-refractivity contribution in [2.24, 2.45) is 5.73 Å². The smallest absolute Gasteiger partial charge is 0.248 e. The standard InChI is InChI=1S/C22H18ClN3O3/c23-16-7-8-18(19(12-16)29-20-6-1-2-9-25-20)15-11-21(27)26(13-15)17-5-3-4-14(10-17)22(24)28/h1-10,12,15H,11,13H2,(H2,24,28). The Balaban J connectivity index is 1.62. The summed E-state index contributed by atoms with van der Waals surface area (Å²) in [5.74, 6) is 0.373. The normalized spacial score (nSPS) is 16.1. The summed E-state index contributed by atoms with van der Waals surface area (Å²) < 4.78 is 5.94. The number of nitrogens with two attached hydrogens (primary N) is 1. The van der Waals surface area contributed by atoms with E-state index in [4.69, 9.17) is 22.1 Å². The third kappa shape index (κ3) is 4.07. The van der Waals surface area contributed by atoms with Crippen molar-refractivity contribution >= 4 is 29.1 Å². The molecule has 2 N–H and O–H groups in total. The summed E-state index contributed by atoms with van der Waals surface area (Å²) in [6, 6.07) is 17.5. The van der Waals surface area contributed by atoms with Crippen molar-refractivity contribution in [3.63, 3.8) is 0 Å². The molecule has 6 nitrogen and oxygen atoms in total.